The third kappa shape index (κ3) is 7.96. The Morgan fingerprint density at radius 1 is 0.729 bits per heavy atom. The minimum atomic E-state index is -0.886. The van der Waals surface area contributed by atoms with Crippen LogP contribution in [0.25, 0.3) is 11.1 Å². The summed E-state index contributed by atoms with van der Waals surface area (Å²) in [6.07, 6.45) is -1.47. The van der Waals surface area contributed by atoms with Crippen molar-refractivity contribution in [3.8, 4) is 11.1 Å². The first-order valence-electron chi connectivity index (χ1n) is 15.4. The van der Waals surface area contributed by atoms with Gasteiger partial charge in [-0.3, -0.25) is 28.7 Å². The average Bonchev–Trinajstić information content (AvgIpc) is 3.65. The summed E-state index contributed by atoms with van der Waals surface area (Å²) in [6.45, 7) is 1.19. The Hall–Kier alpha value is -4.48. The number of aromatic nitrogens is 4. The lowest BCUT2D eigenvalue weighted by atomic mass is 10.0. The summed E-state index contributed by atoms with van der Waals surface area (Å²) in [5, 5.41) is 37.7. The van der Waals surface area contributed by atoms with Crippen LogP contribution in [0.5, 0.6) is 0 Å². The minimum absolute atomic E-state index is 0.00254. The van der Waals surface area contributed by atoms with Crippen LogP contribution in [-0.4, -0.2) is 77.2 Å². The Kier molecular flexibility index (Phi) is 11.3. The molecule has 0 unspecified atom stereocenters. The van der Waals surface area contributed by atoms with Crippen LogP contribution in [0.1, 0.15) is 42.0 Å². The molecule has 256 valence electrons. The van der Waals surface area contributed by atoms with E-state index in [0.717, 1.165) is 16.7 Å². The Bertz CT molecular complexity index is 1920. The van der Waals surface area contributed by atoms with E-state index in [0.29, 0.717) is 5.56 Å². The van der Waals surface area contributed by atoms with Gasteiger partial charge in [0.2, 0.25) is 0 Å². The standard InChI is InChI=1S/C23H24N2O6.C10H14N2O5/c26-12-20-19(27)10-21(31-20)25-11-17(22(28)24-23(25)29)14-30-13-16-8-4-5-9-18(16)15-6-2-1-3-7-15;1-5-3-12(10(16)11-9(5)15)8-2-6(14)7(4-13)17-8/h1-9,11,19-21,26-27H,10,12-14H2,(H,24,28,29);3,6-8,13-14H,2,4H2,1H3,(H,11,15,16)/t19-,20-,21-;6-,7-,8-/m11/s1. The summed E-state index contributed by atoms with van der Waals surface area (Å²) in [7, 11) is 0. The van der Waals surface area contributed by atoms with Gasteiger partial charge in [0.15, 0.2) is 0 Å². The van der Waals surface area contributed by atoms with Crippen molar-refractivity contribution in [1.82, 2.24) is 19.1 Å². The molecular formula is C33H38N4O11. The van der Waals surface area contributed by atoms with Crippen LogP contribution >= 0.6 is 0 Å². The fourth-order valence-corrected chi connectivity index (χ4v) is 5.56. The molecule has 2 saturated heterocycles. The summed E-state index contributed by atoms with van der Waals surface area (Å²) < 4.78 is 19.1. The second-order valence-corrected chi connectivity index (χ2v) is 11.5. The molecule has 0 spiro atoms. The van der Waals surface area contributed by atoms with Gasteiger partial charge in [0.25, 0.3) is 11.1 Å². The van der Waals surface area contributed by atoms with E-state index in [1.165, 1.54) is 21.5 Å². The smallest absolute Gasteiger partial charge is 0.330 e. The molecule has 4 heterocycles. The summed E-state index contributed by atoms with van der Waals surface area (Å²) >= 11 is 0. The van der Waals surface area contributed by atoms with Gasteiger partial charge in [0.1, 0.15) is 24.7 Å². The number of aliphatic hydroxyl groups is 4. The highest BCUT2D eigenvalue weighted by molar-refractivity contribution is 5.67. The number of H-pyrrole nitrogens is 2. The maximum atomic E-state index is 12.2. The van der Waals surface area contributed by atoms with Crippen molar-refractivity contribution in [3.63, 3.8) is 0 Å². The normalized spacial score (nSPS) is 23.5. The van der Waals surface area contributed by atoms with E-state index < -0.39 is 59.4 Å². The molecule has 6 N–H and O–H groups in total. The van der Waals surface area contributed by atoms with Crippen molar-refractivity contribution in [2.45, 2.75) is 69.9 Å². The molecular weight excluding hydrogens is 628 g/mol. The van der Waals surface area contributed by atoms with Gasteiger partial charge in [-0.25, -0.2) is 9.59 Å². The first-order valence-corrected chi connectivity index (χ1v) is 15.4. The zero-order valence-electron chi connectivity index (χ0n) is 26.1. The Morgan fingerprint density at radius 3 is 1.83 bits per heavy atom. The molecule has 2 aliphatic heterocycles. The Morgan fingerprint density at radius 2 is 1.25 bits per heavy atom. The quantitative estimate of drug-likeness (QED) is 0.140. The summed E-state index contributed by atoms with van der Waals surface area (Å²) in [5.74, 6) is 0. The number of aromatic amines is 2. The van der Waals surface area contributed by atoms with Crippen molar-refractivity contribution in [1.29, 1.82) is 0 Å². The molecule has 2 aromatic heterocycles. The van der Waals surface area contributed by atoms with Crippen LogP contribution in [0.2, 0.25) is 0 Å². The first-order chi connectivity index (χ1) is 23.1. The van der Waals surface area contributed by atoms with Gasteiger partial charge in [0.05, 0.1) is 44.2 Å². The lowest BCUT2D eigenvalue weighted by Gasteiger charge is -2.15. The van der Waals surface area contributed by atoms with Crippen molar-refractivity contribution >= 4 is 0 Å². The maximum Gasteiger partial charge on any atom is 0.330 e. The van der Waals surface area contributed by atoms with E-state index in [1.807, 2.05) is 54.6 Å². The molecule has 0 saturated carbocycles. The van der Waals surface area contributed by atoms with Gasteiger partial charge in [-0.15, -0.1) is 0 Å². The number of aliphatic hydroxyl groups excluding tert-OH is 4. The number of benzene rings is 2. The van der Waals surface area contributed by atoms with Gasteiger partial charge >= 0.3 is 11.4 Å². The van der Waals surface area contributed by atoms with Crippen LogP contribution < -0.4 is 22.5 Å². The predicted molar refractivity (Wildman–Crippen MR) is 171 cm³/mol. The van der Waals surface area contributed by atoms with Crippen LogP contribution in [0.3, 0.4) is 0 Å². The molecule has 6 rings (SSSR count). The second-order valence-electron chi connectivity index (χ2n) is 11.5. The number of rotatable bonds is 9. The monoisotopic (exact) mass is 666 g/mol. The van der Waals surface area contributed by atoms with Gasteiger partial charge < -0.3 is 34.6 Å². The summed E-state index contributed by atoms with van der Waals surface area (Å²) in [6, 6.07) is 17.8. The average molecular weight is 667 g/mol. The van der Waals surface area contributed by atoms with Gasteiger partial charge in [-0.2, -0.15) is 0 Å². The van der Waals surface area contributed by atoms with Crippen molar-refractivity contribution in [3.05, 3.63) is 125 Å². The van der Waals surface area contributed by atoms with E-state index in [2.05, 4.69) is 9.97 Å². The molecule has 0 amide bonds. The molecule has 2 aromatic carbocycles. The lowest BCUT2D eigenvalue weighted by molar-refractivity contribution is -0.0461. The van der Waals surface area contributed by atoms with Crippen LogP contribution in [0.15, 0.2) is 86.2 Å². The molecule has 0 aliphatic carbocycles. The predicted octanol–water partition coefficient (Wildman–Crippen LogP) is 0.0468. The number of hydrogen-bond acceptors (Lipinski definition) is 11. The van der Waals surface area contributed by atoms with Gasteiger partial charge in [0, 0.05) is 30.8 Å². The molecule has 6 atom stereocenters. The topological polar surface area (TPSA) is 218 Å². The van der Waals surface area contributed by atoms with Crippen LogP contribution in [0.4, 0.5) is 0 Å². The van der Waals surface area contributed by atoms with E-state index in [9.17, 15) is 34.5 Å². The first kappa shape index (κ1) is 34.8. The maximum absolute atomic E-state index is 12.2. The number of aryl methyl sites for hydroxylation is 1. The molecule has 15 heteroatoms. The Labute approximate surface area is 273 Å². The van der Waals surface area contributed by atoms with Crippen molar-refractivity contribution in [2.75, 3.05) is 13.2 Å². The highest BCUT2D eigenvalue weighted by Crippen LogP contribution is 2.28. The fourth-order valence-electron chi connectivity index (χ4n) is 5.56. The SMILES string of the molecule is Cc1cn([C@H]2C[C@@H](O)[C@@H](CO)O2)c(=O)[nH]c1=O.O=c1[nH]c(=O)n([C@H]2C[C@@H](O)[C@@H](CO)O2)cc1COCc1ccccc1-c1ccccc1. The zero-order valence-corrected chi connectivity index (χ0v) is 26.1. The zero-order chi connectivity index (χ0) is 34.4. The summed E-state index contributed by atoms with van der Waals surface area (Å²) in [5.41, 5.74) is 1.55. The van der Waals surface area contributed by atoms with Crippen LogP contribution in [0, 0.1) is 6.92 Å². The minimum Gasteiger partial charge on any atom is -0.394 e. The summed E-state index contributed by atoms with van der Waals surface area (Å²) in [4.78, 5) is 51.6. The highest BCUT2D eigenvalue weighted by atomic mass is 16.5. The Balaban J connectivity index is 0.000000224. The molecule has 2 fully saturated rings. The fraction of sp³-hybridized carbons (Fsp3) is 0.394. The molecule has 0 bridgehead atoms. The number of ether oxygens (including phenoxy) is 3. The third-order valence-electron chi connectivity index (χ3n) is 8.19. The van der Waals surface area contributed by atoms with E-state index in [4.69, 9.17) is 19.3 Å². The van der Waals surface area contributed by atoms with Gasteiger partial charge in [-0.1, -0.05) is 54.6 Å². The lowest BCUT2D eigenvalue weighted by Crippen LogP contribution is -2.34. The molecule has 48 heavy (non-hydrogen) atoms. The molecule has 15 nitrogen and oxygen atoms in total. The van der Waals surface area contributed by atoms with E-state index in [1.54, 1.807) is 6.92 Å². The molecule has 2 aliphatic rings. The van der Waals surface area contributed by atoms with Gasteiger partial charge in [-0.05, 0) is 23.6 Å². The third-order valence-corrected chi connectivity index (χ3v) is 8.19. The molecule has 0 radical (unpaired) electrons. The largest absolute Gasteiger partial charge is 0.394 e. The second kappa shape index (κ2) is 15.6. The highest BCUT2D eigenvalue weighted by Gasteiger charge is 2.36. The number of hydrogen-bond donors (Lipinski definition) is 6. The van der Waals surface area contributed by atoms with Crippen molar-refractivity contribution in [2.24, 2.45) is 0 Å². The van der Waals surface area contributed by atoms with E-state index >= 15 is 0 Å². The van der Waals surface area contributed by atoms with Crippen LogP contribution in [-0.2, 0) is 27.4 Å². The number of nitrogens with one attached hydrogen (secondary N) is 2. The number of nitrogens with zero attached hydrogens (tertiary/aromatic N) is 2. The van der Waals surface area contributed by atoms with Crippen molar-refractivity contribution < 1.29 is 34.6 Å². The van der Waals surface area contributed by atoms with E-state index in [-0.39, 0.29) is 44.8 Å². The molecule has 4 aromatic rings.